The zero-order chi connectivity index (χ0) is 17.1. The summed E-state index contributed by atoms with van der Waals surface area (Å²) in [7, 11) is 0. The van der Waals surface area contributed by atoms with Crippen LogP contribution in [0.4, 0.5) is 0 Å². The molecule has 0 amide bonds. The van der Waals surface area contributed by atoms with Gasteiger partial charge in [0.1, 0.15) is 9.75 Å². The molecule has 2 saturated heterocycles. The van der Waals surface area contributed by atoms with E-state index in [0.717, 1.165) is 0 Å². The van der Waals surface area contributed by atoms with Crippen LogP contribution >= 0.6 is 69.6 Å². The number of allylic oxidation sites excluding steroid dienone is 2. The Hall–Kier alpha value is 0.420. The van der Waals surface area contributed by atoms with Crippen LogP contribution in [0.25, 0.3) is 0 Å². The maximum atomic E-state index is 12.8. The van der Waals surface area contributed by atoms with Gasteiger partial charge in [-0.05, 0) is 12.8 Å². The van der Waals surface area contributed by atoms with E-state index in [1.807, 2.05) is 0 Å². The minimum Gasteiger partial charge on any atom is -0.465 e. The first-order valence-electron chi connectivity index (χ1n) is 6.73. The molecule has 0 aromatic carbocycles. The van der Waals surface area contributed by atoms with Gasteiger partial charge in [-0.25, -0.2) is 0 Å². The van der Waals surface area contributed by atoms with E-state index in [2.05, 4.69) is 0 Å². The smallest absolute Gasteiger partial charge is 0.326 e. The Balaban J connectivity index is 2.21. The van der Waals surface area contributed by atoms with Crippen molar-refractivity contribution in [3.63, 3.8) is 0 Å². The molecule has 2 unspecified atom stereocenters. The van der Waals surface area contributed by atoms with Gasteiger partial charge in [-0.3, -0.25) is 9.59 Å². The van der Waals surface area contributed by atoms with Gasteiger partial charge in [0, 0.05) is 5.41 Å². The van der Waals surface area contributed by atoms with Gasteiger partial charge < -0.3 is 9.47 Å². The zero-order valence-electron chi connectivity index (χ0n) is 11.2. The number of rotatable bonds is 0. The van der Waals surface area contributed by atoms with Crippen molar-refractivity contribution in [2.24, 2.45) is 10.8 Å². The van der Waals surface area contributed by atoms with Crippen molar-refractivity contribution in [3.05, 3.63) is 10.1 Å². The summed E-state index contributed by atoms with van der Waals surface area (Å²) < 4.78 is 8.26. The predicted molar refractivity (Wildman–Crippen MR) is 86.4 cm³/mol. The fourth-order valence-electron chi connectivity index (χ4n) is 4.77. The molecule has 23 heavy (non-hydrogen) atoms. The lowest BCUT2D eigenvalue weighted by Crippen LogP contribution is -2.70. The zero-order valence-corrected chi connectivity index (χ0v) is 15.8. The Morgan fingerprint density at radius 1 is 0.783 bits per heavy atom. The normalized spacial score (nSPS) is 50.3. The van der Waals surface area contributed by atoms with Gasteiger partial charge in [0.05, 0.1) is 23.3 Å². The second-order valence-corrected chi connectivity index (χ2v) is 9.34. The molecule has 0 radical (unpaired) electrons. The summed E-state index contributed by atoms with van der Waals surface area (Å²) in [6, 6.07) is 0. The van der Waals surface area contributed by atoms with Crippen molar-refractivity contribution >= 4 is 81.5 Å². The summed E-state index contributed by atoms with van der Waals surface area (Å²) in [5, 5.41) is -0.269. The molecule has 1 saturated carbocycles. The van der Waals surface area contributed by atoms with Crippen LogP contribution in [0.1, 0.15) is 12.8 Å². The molecular weight excluding hydrogens is 433 g/mol. The molecule has 0 aromatic heterocycles. The number of hydrogen-bond acceptors (Lipinski definition) is 4. The third kappa shape index (κ3) is 1.22. The van der Waals surface area contributed by atoms with Crippen molar-refractivity contribution in [3.8, 4) is 0 Å². The Kier molecular flexibility index (Phi) is 3.22. The second kappa shape index (κ2) is 4.39. The van der Waals surface area contributed by atoms with Gasteiger partial charge in [0.2, 0.25) is 0 Å². The Labute approximate surface area is 161 Å². The van der Waals surface area contributed by atoms with Gasteiger partial charge >= 0.3 is 11.9 Å². The van der Waals surface area contributed by atoms with Crippen LogP contribution in [-0.4, -0.2) is 39.2 Å². The summed E-state index contributed by atoms with van der Waals surface area (Å²) in [6.45, 7) is 0.0852. The highest BCUT2D eigenvalue weighted by Crippen LogP contribution is 2.87. The van der Waals surface area contributed by atoms with E-state index >= 15 is 0 Å². The average molecular weight is 441 g/mol. The largest absolute Gasteiger partial charge is 0.465 e. The average Bonchev–Trinajstić information content (AvgIpc) is 2.67. The Morgan fingerprint density at radius 3 is 1.70 bits per heavy atom. The van der Waals surface area contributed by atoms with Gasteiger partial charge in [-0.1, -0.05) is 46.4 Å². The highest BCUT2D eigenvalue weighted by molar-refractivity contribution is 6.67. The van der Waals surface area contributed by atoms with E-state index in [1.165, 1.54) is 0 Å². The third-order valence-electron chi connectivity index (χ3n) is 5.69. The summed E-state index contributed by atoms with van der Waals surface area (Å²) >= 11 is 39.3. The van der Waals surface area contributed by atoms with Crippen LogP contribution in [-0.2, 0) is 19.1 Å². The van der Waals surface area contributed by atoms with E-state index < -0.39 is 36.9 Å². The van der Waals surface area contributed by atoms with E-state index in [1.54, 1.807) is 0 Å². The minimum absolute atomic E-state index is 0.0409. The Morgan fingerprint density at radius 2 is 1.22 bits per heavy atom. The molecule has 3 fully saturated rings. The quantitative estimate of drug-likeness (QED) is 0.327. The highest BCUT2D eigenvalue weighted by atomic mass is 35.5. The molecule has 4 aliphatic rings. The summed E-state index contributed by atoms with van der Waals surface area (Å²) in [5.74, 6) is -1.78. The lowest BCUT2D eigenvalue weighted by atomic mass is 9.52. The topological polar surface area (TPSA) is 52.6 Å². The van der Waals surface area contributed by atoms with E-state index in [-0.39, 0.29) is 36.1 Å². The number of ether oxygens (including phenoxy) is 2. The number of esters is 2. The first-order valence-corrected chi connectivity index (χ1v) is 9.00. The van der Waals surface area contributed by atoms with Gasteiger partial charge in [-0.15, -0.1) is 23.2 Å². The van der Waals surface area contributed by atoms with Crippen LogP contribution in [0.2, 0.25) is 0 Å². The summed E-state index contributed by atoms with van der Waals surface area (Å²) in [5.41, 5.74) is -3.29. The number of carbonyl (C=O) groups is 2. The fourth-order valence-corrected chi connectivity index (χ4v) is 8.16. The number of cyclic esters (lactones) is 2. The van der Waals surface area contributed by atoms with Gasteiger partial charge in [-0.2, -0.15) is 0 Å². The monoisotopic (exact) mass is 438 g/mol. The lowest BCUT2D eigenvalue weighted by Gasteiger charge is -2.56. The lowest BCUT2D eigenvalue weighted by molar-refractivity contribution is -0.207. The maximum absolute atomic E-state index is 12.8. The number of carbonyl (C=O) groups excluding carboxylic acids is 2. The summed E-state index contributed by atoms with van der Waals surface area (Å²) in [6.07, 6.45) is 0.431. The molecule has 0 spiro atoms. The number of halogens is 6. The molecule has 2 aliphatic heterocycles. The van der Waals surface area contributed by atoms with E-state index in [9.17, 15) is 9.59 Å². The summed E-state index contributed by atoms with van der Waals surface area (Å²) in [4.78, 5) is 21.8. The second-order valence-electron chi connectivity index (χ2n) is 6.12. The van der Waals surface area contributed by atoms with Crippen molar-refractivity contribution in [2.75, 3.05) is 13.2 Å². The third-order valence-corrected chi connectivity index (χ3v) is 10.0. The number of hydrogen-bond donors (Lipinski definition) is 0. The van der Waals surface area contributed by atoms with Crippen LogP contribution < -0.4 is 0 Å². The molecule has 10 heteroatoms. The molecule has 0 aromatic rings. The van der Waals surface area contributed by atoms with Crippen molar-refractivity contribution < 1.29 is 19.1 Å². The molecule has 4 nitrogen and oxygen atoms in total. The first kappa shape index (κ1) is 16.9. The minimum atomic E-state index is -2.07. The van der Waals surface area contributed by atoms with Gasteiger partial charge in [0.15, 0.2) is 9.75 Å². The highest BCUT2D eigenvalue weighted by Gasteiger charge is 2.98. The molecule has 0 N–H and O–H groups in total. The molecule has 2 aliphatic carbocycles. The van der Waals surface area contributed by atoms with E-state index in [0.29, 0.717) is 0 Å². The van der Waals surface area contributed by atoms with Crippen molar-refractivity contribution in [2.45, 2.75) is 26.9 Å². The molecule has 2 heterocycles. The van der Waals surface area contributed by atoms with Crippen molar-refractivity contribution in [1.29, 1.82) is 0 Å². The molecule has 4 rings (SSSR count). The predicted octanol–water partition coefficient (Wildman–Crippen LogP) is 3.70. The number of alkyl halides is 4. The molecule has 2 bridgehead atoms. The maximum Gasteiger partial charge on any atom is 0.326 e. The molecular formula is C13H8Cl6O4. The van der Waals surface area contributed by atoms with E-state index in [4.69, 9.17) is 79.1 Å². The first-order chi connectivity index (χ1) is 10.6. The Bertz CT molecular complexity index is 681. The van der Waals surface area contributed by atoms with Crippen LogP contribution in [0.15, 0.2) is 10.1 Å². The van der Waals surface area contributed by atoms with Crippen LogP contribution in [0, 0.1) is 10.8 Å². The number of fused-ring (bicyclic) bond motifs is 2. The van der Waals surface area contributed by atoms with Crippen LogP contribution in [0.3, 0.4) is 0 Å². The SMILES string of the molecule is O=C1OCCC23CCOC(=O)C12C1(Cl)C(Cl)=C(Cl)C3(Cl)C1(Cl)Cl. The van der Waals surface area contributed by atoms with Crippen LogP contribution in [0.5, 0.6) is 0 Å². The molecule has 126 valence electrons. The van der Waals surface area contributed by atoms with Gasteiger partial charge in [0.25, 0.3) is 0 Å². The fraction of sp³-hybridized carbons (Fsp3) is 0.692. The standard InChI is InChI=1S/C13H8Cl6O4/c14-5-6(15)12(17)10-7(20)22-3-1-9(10,2-4-23-8(10)21)11(5,16)13(12,18)19/h1-4H2. The molecule has 2 atom stereocenters. The van der Waals surface area contributed by atoms with Crippen molar-refractivity contribution in [1.82, 2.24) is 0 Å².